The van der Waals surface area contributed by atoms with Crippen molar-refractivity contribution < 1.29 is 9.53 Å². The first-order valence-electron chi connectivity index (χ1n) is 16.2. The van der Waals surface area contributed by atoms with Crippen LogP contribution in [0.4, 0.5) is 0 Å². The third-order valence-corrected chi connectivity index (χ3v) is 14.6. The SMILES string of the molecule is C[C@H]1[C@H](C)CC[C@]2(C)CC[C@]3(C)C(=CC[C@@H]4[C@@]5(C)CC[C@H](OC(=O)c6ccccc6)C(C)(C)[C@@H]5CC[C@]43C)[C@H]12. The van der Waals surface area contributed by atoms with Gasteiger partial charge in [-0.15, -0.1) is 0 Å². The van der Waals surface area contributed by atoms with Gasteiger partial charge in [0.2, 0.25) is 0 Å². The van der Waals surface area contributed by atoms with E-state index in [1.165, 1.54) is 51.4 Å². The Morgan fingerprint density at radius 2 is 1.54 bits per heavy atom. The highest BCUT2D eigenvalue weighted by molar-refractivity contribution is 5.89. The van der Waals surface area contributed by atoms with Crippen LogP contribution in [-0.4, -0.2) is 12.1 Å². The molecule has 10 atom stereocenters. The van der Waals surface area contributed by atoms with Crippen LogP contribution in [-0.2, 0) is 4.74 Å². The molecule has 2 heteroatoms. The number of benzene rings is 1. The summed E-state index contributed by atoms with van der Waals surface area (Å²) < 4.78 is 6.29. The number of fused-ring (bicyclic) bond motifs is 7. The molecule has 39 heavy (non-hydrogen) atoms. The molecule has 1 aromatic carbocycles. The average Bonchev–Trinajstić information content (AvgIpc) is 2.89. The molecule has 0 amide bonds. The Labute approximate surface area is 238 Å². The number of ether oxygens (including phenoxy) is 1. The number of hydrogen-bond acceptors (Lipinski definition) is 2. The lowest BCUT2D eigenvalue weighted by Crippen LogP contribution is -2.65. The first-order chi connectivity index (χ1) is 18.3. The molecule has 0 aromatic heterocycles. The molecule has 4 fully saturated rings. The highest BCUT2D eigenvalue weighted by atomic mass is 16.5. The molecule has 6 rings (SSSR count). The molecule has 0 saturated heterocycles. The van der Waals surface area contributed by atoms with Crippen LogP contribution in [0, 0.1) is 56.7 Å². The fourth-order valence-corrected chi connectivity index (χ4v) is 11.8. The van der Waals surface area contributed by atoms with Crippen molar-refractivity contribution in [2.75, 3.05) is 0 Å². The summed E-state index contributed by atoms with van der Waals surface area (Å²) in [6, 6.07) is 9.57. The van der Waals surface area contributed by atoms with Crippen molar-refractivity contribution in [3.05, 3.63) is 47.5 Å². The van der Waals surface area contributed by atoms with Crippen LogP contribution in [0.3, 0.4) is 0 Å². The van der Waals surface area contributed by atoms with Gasteiger partial charge in [-0.05, 0) is 121 Å². The molecule has 0 bridgehead atoms. The van der Waals surface area contributed by atoms with E-state index < -0.39 is 0 Å². The van der Waals surface area contributed by atoms with Crippen LogP contribution < -0.4 is 0 Å². The van der Waals surface area contributed by atoms with E-state index in [9.17, 15) is 4.79 Å². The molecule has 0 radical (unpaired) electrons. The minimum absolute atomic E-state index is 0.0159. The predicted octanol–water partition coefficient (Wildman–Crippen LogP) is 9.89. The maximum atomic E-state index is 13.1. The minimum Gasteiger partial charge on any atom is -0.458 e. The second kappa shape index (κ2) is 8.96. The molecule has 4 saturated carbocycles. The summed E-state index contributed by atoms with van der Waals surface area (Å²) in [7, 11) is 0. The summed E-state index contributed by atoms with van der Waals surface area (Å²) in [6.07, 6.45) is 14.3. The normalized spacial score (nSPS) is 48.5. The van der Waals surface area contributed by atoms with Gasteiger partial charge in [-0.25, -0.2) is 4.79 Å². The van der Waals surface area contributed by atoms with Gasteiger partial charge in [0.25, 0.3) is 0 Å². The van der Waals surface area contributed by atoms with Gasteiger partial charge >= 0.3 is 5.97 Å². The quantitative estimate of drug-likeness (QED) is 0.281. The first-order valence-corrected chi connectivity index (χ1v) is 16.2. The van der Waals surface area contributed by atoms with Crippen molar-refractivity contribution in [2.45, 2.75) is 119 Å². The van der Waals surface area contributed by atoms with Crippen LogP contribution in [0.25, 0.3) is 0 Å². The standard InChI is InChI=1S/C37H54O2/c1-24-16-19-34(5)22-23-36(7)27(31(34)25(24)2)14-15-29-35(6)20-18-30(39-32(38)26-12-10-9-11-13-26)33(3,4)28(35)17-21-37(29,36)8/h9-14,24-25,28-31H,15-23H2,1-8H3/t24-,25+,28+,29-,30+,31+,34-,35+,36-,37-/m1/s1. The van der Waals surface area contributed by atoms with Gasteiger partial charge in [0.05, 0.1) is 5.56 Å². The molecule has 5 aliphatic rings. The molecular weight excluding hydrogens is 476 g/mol. The number of hydrogen-bond donors (Lipinski definition) is 0. The topological polar surface area (TPSA) is 26.3 Å². The Kier molecular flexibility index (Phi) is 6.34. The predicted molar refractivity (Wildman–Crippen MR) is 160 cm³/mol. The van der Waals surface area contributed by atoms with Gasteiger partial charge in [-0.2, -0.15) is 0 Å². The molecule has 2 nitrogen and oxygen atoms in total. The number of allylic oxidation sites excluding steroid dienone is 2. The number of carbonyl (C=O) groups is 1. The molecule has 0 spiro atoms. The molecule has 5 aliphatic carbocycles. The van der Waals surface area contributed by atoms with Crippen molar-refractivity contribution in [3.8, 4) is 0 Å². The maximum absolute atomic E-state index is 13.1. The zero-order chi connectivity index (χ0) is 28.0. The van der Waals surface area contributed by atoms with E-state index in [1.807, 2.05) is 35.9 Å². The van der Waals surface area contributed by atoms with Crippen molar-refractivity contribution >= 4 is 5.97 Å². The molecule has 214 valence electrons. The Morgan fingerprint density at radius 1 is 0.821 bits per heavy atom. The van der Waals surface area contributed by atoms with E-state index in [4.69, 9.17) is 4.74 Å². The van der Waals surface area contributed by atoms with Gasteiger partial charge in [0.15, 0.2) is 0 Å². The zero-order valence-electron chi connectivity index (χ0n) is 26.1. The smallest absolute Gasteiger partial charge is 0.338 e. The molecular formula is C37H54O2. The molecule has 0 aliphatic heterocycles. The molecule has 0 heterocycles. The van der Waals surface area contributed by atoms with Gasteiger partial charge in [-0.1, -0.05) is 85.2 Å². The summed E-state index contributed by atoms with van der Waals surface area (Å²) in [5.74, 6) is 3.49. The van der Waals surface area contributed by atoms with Crippen LogP contribution in [0.2, 0.25) is 0 Å². The van der Waals surface area contributed by atoms with E-state index in [0.29, 0.717) is 33.6 Å². The Hall–Kier alpha value is -1.57. The second-order valence-corrected chi connectivity index (χ2v) is 16.4. The first kappa shape index (κ1) is 27.6. The molecule has 1 aromatic rings. The van der Waals surface area contributed by atoms with Crippen LogP contribution in [0.1, 0.15) is 124 Å². The largest absolute Gasteiger partial charge is 0.458 e. The lowest BCUT2D eigenvalue weighted by atomic mass is 9.33. The van der Waals surface area contributed by atoms with E-state index in [-0.39, 0.29) is 22.9 Å². The van der Waals surface area contributed by atoms with Crippen molar-refractivity contribution in [2.24, 2.45) is 56.7 Å². The monoisotopic (exact) mass is 530 g/mol. The highest BCUT2D eigenvalue weighted by Crippen LogP contribution is 2.75. The van der Waals surface area contributed by atoms with Crippen molar-refractivity contribution in [1.29, 1.82) is 0 Å². The van der Waals surface area contributed by atoms with Crippen LogP contribution in [0.15, 0.2) is 42.0 Å². The van der Waals surface area contributed by atoms with E-state index >= 15 is 0 Å². The summed E-state index contributed by atoms with van der Waals surface area (Å²) in [5, 5.41) is 0. The van der Waals surface area contributed by atoms with Gasteiger partial charge < -0.3 is 4.74 Å². The van der Waals surface area contributed by atoms with Crippen molar-refractivity contribution in [1.82, 2.24) is 0 Å². The van der Waals surface area contributed by atoms with Gasteiger partial charge in [-0.3, -0.25) is 0 Å². The summed E-state index contributed by atoms with van der Waals surface area (Å²) in [4.78, 5) is 13.1. The Morgan fingerprint density at radius 3 is 2.26 bits per heavy atom. The number of esters is 1. The lowest BCUT2D eigenvalue weighted by Gasteiger charge is -2.71. The number of carbonyl (C=O) groups excluding carboxylic acids is 1. The Bertz CT molecular complexity index is 1150. The second-order valence-electron chi connectivity index (χ2n) is 16.4. The average molecular weight is 531 g/mol. The van der Waals surface area contributed by atoms with E-state index in [2.05, 4.69) is 61.5 Å². The molecule has 0 unspecified atom stereocenters. The minimum atomic E-state index is -0.156. The highest BCUT2D eigenvalue weighted by Gasteiger charge is 2.68. The lowest BCUT2D eigenvalue weighted by molar-refractivity contribution is -0.204. The van der Waals surface area contributed by atoms with E-state index in [0.717, 1.165) is 24.2 Å². The van der Waals surface area contributed by atoms with Crippen LogP contribution >= 0.6 is 0 Å². The van der Waals surface area contributed by atoms with Gasteiger partial charge in [0, 0.05) is 5.41 Å². The fraction of sp³-hybridized carbons (Fsp3) is 0.757. The summed E-state index contributed by atoms with van der Waals surface area (Å²) >= 11 is 0. The fourth-order valence-electron chi connectivity index (χ4n) is 11.8. The summed E-state index contributed by atoms with van der Waals surface area (Å²) in [6.45, 7) is 20.6. The third kappa shape index (κ3) is 3.74. The van der Waals surface area contributed by atoms with Crippen LogP contribution in [0.5, 0.6) is 0 Å². The third-order valence-electron chi connectivity index (χ3n) is 14.6. The zero-order valence-corrected chi connectivity index (χ0v) is 26.1. The summed E-state index contributed by atoms with van der Waals surface area (Å²) in [5.41, 5.74) is 3.93. The molecule has 0 N–H and O–H groups in total. The van der Waals surface area contributed by atoms with Crippen molar-refractivity contribution in [3.63, 3.8) is 0 Å². The van der Waals surface area contributed by atoms with Gasteiger partial charge in [0.1, 0.15) is 6.10 Å². The van der Waals surface area contributed by atoms with E-state index in [1.54, 1.807) is 0 Å². The number of rotatable bonds is 2. The maximum Gasteiger partial charge on any atom is 0.338 e. The Balaban J connectivity index is 1.31.